The third-order valence-corrected chi connectivity index (χ3v) is 8.52. The molecule has 1 unspecified atom stereocenters. The molecule has 1 aliphatic rings. The first-order chi connectivity index (χ1) is 21.6. The Morgan fingerprint density at radius 1 is 1.00 bits per heavy atom. The SMILES string of the molecule is CC(NC(=O)c1cnn2cc(-c3ccc(N4CCOCC4)nc3)ccc12)c1ncc(C(=O)Nc2cc(C(F)(F)F)c(Cl)cn2)s1. The maximum Gasteiger partial charge on any atom is 0.418 e. The highest BCUT2D eigenvalue weighted by molar-refractivity contribution is 7.13. The van der Waals surface area contributed by atoms with E-state index in [1.807, 2.05) is 24.4 Å². The highest BCUT2D eigenvalue weighted by atomic mass is 35.5. The van der Waals surface area contributed by atoms with Crippen LogP contribution in [0.1, 0.15) is 43.6 Å². The molecular formula is C29H24ClF3N8O3S. The van der Waals surface area contributed by atoms with Crippen molar-refractivity contribution in [3.8, 4) is 11.1 Å². The number of nitrogens with zero attached hydrogens (tertiary/aromatic N) is 6. The Hall–Kier alpha value is -4.60. The summed E-state index contributed by atoms with van der Waals surface area (Å²) < 4.78 is 46.5. The number of carbonyl (C=O) groups is 2. The number of morpholine rings is 1. The monoisotopic (exact) mass is 656 g/mol. The van der Waals surface area contributed by atoms with Crippen LogP contribution in [0.2, 0.25) is 5.02 Å². The lowest BCUT2D eigenvalue weighted by atomic mass is 10.1. The van der Waals surface area contributed by atoms with Gasteiger partial charge in [0.15, 0.2) is 0 Å². The molecule has 45 heavy (non-hydrogen) atoms. The number of alkyl halides is 3. The van der Waals surface area contributed by atoms with E-state index in [9.17, 15) is 22.8 Å². The van der Waals surface area contributed by atoms with Gasteiger partial charge < -0.3 is 20.3 Å². The molecule has 0 saturated carbocycles. The summed E-state index contributed by atoms with van der Waals surface area (Å²) in [6.07, 6.45) is 2.48. The molecule has 11 nitrogen and oxygen atoms in total. The van der Waals surface area contributed by atoms with Crippen molar-refractivity contribution in [1.29, 1.82) is 0 Å². The number of ether oxygens (including phenoxy) is 1. The number of carbonyl (C=O) groups excluding carboxylic acids is 2. The number of aromatic nitrogens is 5. The minimum atomic E-state index is -4.71. The van der Waals surface area contributed by atoms with E-state index in [-0.39, 0.29) is 10.7 Å². The molecule has 1 fully saturated rings. The second kappa shape index (κ2) is 12.4. The molecule has 0 aromatic carbocycles. The summed E-state index contributed by atoms with van der Waals surface area (Å²) >= 11 is 6.58. The molecule has 5 aromatic heterocycles. The number of fused-ring (bicyclic) bond motifs is 1. The number of anilines is 2. The van der Waals surface area contributed by atoms with Gasteiger partial charge in [0.1, 0.15) is 21.5 Å². The number of hydrogen-bond donors (Lipinski definition) is 2. The normalized spacial score (nSPS) is 14.4. The molecule has 1 aliphatic heterocycles. The molecule has 1 atom stereocenters. The van der Waals surface area contributed by atoms with Crippen LogP contribution in [0, 0.1) is 0 Å². The average Bonchev–Trinajstić information content (AvgIpc) is 3.70. The first-order valence-corrected chi connectivity index (χ1v) is 14.8. The Labute approximate surface area is 263 Å². The van der Waals surface area contributed by atoms with Crippen LogP contribution in [-0.2, 0) is 10.9 Å². The van der Waals surface area contributed by atoms with E-state index < -0.39 is 34.6 Å². The largest absolute Gasteiger partial charge is 0.418 e. The number of hydrogen-bond acceptors (Lipinski definition) is 9. The van der Waals surface area contributed by atoms with Gasteiger partial charge in [0, 0.05) is 42.8 Å². The second-order valence-electron chi connectivity index (χ2n) is 10.1. The van der Waals surface area contributed by atoms with Crippen molar-refractivity contribution in [1.82, 2.24) is 29.9 Å². The third-order valence-electron chi connectivity index (χ3n) is 7.04. The Balaban J connectivity index is 1.10. The van der Waals surface area contributed by atoms with Crippen LogP contribution in [0.25, 0.3) is 16.6 Å². The Bertz CT molecular complexity index is 1870. The van der Waals surface area contributed by atoms with Crippen LogP contribution in [0.3, 0.4) is 0 Å². The molecule has 0 bridgehead atoms. The van der Waals surface area contributed by atoms with Crippen molar-refractivity contribution < 1.29 is 27.5 Å². The van der Waals surface area contributed by atoms with E-state index in [1.54, 1.807) is 23.7 Å². The maximum absolute atomic E-state index is 13.2. The molecule has 0 spiro atoms. The smallest absolute Gasteiger partial charge is 0.378 e. The van der Waals surface area contributed by atoms with Gasteiger partial charge in [-0.1, -0.05) is 17.7 Å². The van der Waals surface area contributed by atoms with Gasteiger partial charge in [-0.3, -0.25) is 9.59 Å². The molecular weight excluding hydrogens is 633 g/mol. The highest BCUT2D eigenvalue weighted by Gasteiger charge is 2.34. The molecule has 232 valence electrons. The lowest BCUT2D eigenvalue weighted by Crippen LogP contribution is -2.36. The molecule has 1 saturated heterocycles. The van der Waals surface area contributed by atoms with E-state index >= 15 is 0 Å². The van der Waals surface area contributed by atoms with E-state index in [0.29, 0.717) is 35.4 Å². The van der Waals surface area contributed by atoms with E-state index in [1.165, 1.54) is 12.4 Å². The average molecular weight is 657 g/mol. The van der Waals surface area contributed by atoms with Crippen molar-refractivity contribution in [3.63, 3.8) is 0 Å². The number of pyridine rings is 3. The standard InChI is InChI=1S/C29H24ClF3N8O3S/c1-16(28-36-14-23(45-28)27(43)39-24-10-20(29(31,32)33)21(30)13-34-24)38-26(42)19-12-37-41-15-18(2-4-22(19)41)17-3-5-25(35-11-17)40-6-8-44-9-7-40/h2-5,10-16H,6-9H2,1H3,(H,38,42)(H,34,39,43). The van der Waals surface area contributed by atoms with Gasteiger partial charge in [0.05, 0.1) is 53.3 Å². The van der Waals surface area contributed by atoms with Crippen molar-refractivity contribution >= 4 is 51.9 Å². The summed E-state index contributed by atoms with van der Waals surface area (Å²) in [7, 11) is 0. The predicted octanol–water partition coefficient (Wildman–Crippen LogP) is 5.50. The number of rotatable bonds is 7. The topological polar surface area (TPSA) is 127 Å². The van der Waals surface area contributed by atoms with Crippen molar-refractivity contribution in [2.24, 2.45) is 0 Å². The van der Waals surface area contributed by atoms with Gasteiger partial charge in [0.25, 0.3) is 11.8 Å². The molecule has 0 radical (unpaired) electrons. The summed E-state index contributed by atoms with van der Waals surface area (Å²) in [5.41, 5.74) is 1.60. The zero-order valence-electron chi connectivity index (χ0n) is 23.5. The maximum atomic E-state index is 13.2. The predicted molar refractivity (Wildman–Crippen MR) is 162 cm³/mol. The molecule has 2 amide bonds. The van der Waals surface area contributed by atoms with Crippen molar-refractivity contribution in [3.05, 3.63) is 87.4 Å². The number of halogens is 4. The molecule has 0 aliphatic carbocycles. The fourth-order valence-corrected chi connectivity index (χ4v) is 5.72. The van der Waals surface area contributed by atoms with Gasteiger partial charge >= 0.3 is 6.18 Å². The molecule has 6 heterocycles. The fraction of sp³-hybridized carbons (Fsp3) is 0.241. The Morgan fingerprint density at radius 2 is 1.78 bits per heavy atom. The number of nitrogens with one attached hydrogen (secondary N) is 2. The molecule has 5 aromatic rings. The minimum Gasteiger partial charge on any atom is -0.378 e. The fourth-order valence-electron chi connectivity index (χ4n) is 4.70. The number of amides is 2. The summed E-state index contributed by atoms with van der Waals surface area (Å²) in [6, 6.07) is 7.73. The molecule has 2 N–H and O–H groups in total. The zero-order chi connectivity index (χ0) is 31.7. The van der Waals surface area contributed by atoms with Gasteiger partial charge in [-0.25, -0.2) is 19.5 Å². The quantitative estimate of drug-likeness (QED) is 0.235. The lowest BCUT2D eigenvalue weighted by molar-refractivity contribution is -0.137. The van der Waals surface area contributed by atoms with Gasteiger partial charge in [-0.05, 0) is 31.2 Å². The molecule has 6 rings (SSSR count). The van der Waals surface area contributed by atoms with Crippen LogP contribution >= 0.6 is 22.9 Å². The minimum absolute atomic E-state index is 0.118. The first-order valence-electron chi connectivity index (χ1n) is 13.6. The van der Waals surface area contributed by atoms with Crippen LogP contribution < -0.4 is 15.5 Å². The van der Waals surface area contributed by atoms with Gasteiger partial charge in [-0.15, -0.1) is 11.3 Å². The Kier molecular flexibility index (Phi) is 8.40. The summed E-state index contributed by atoms with van der Waals surface area (Å²) in [5, 5.41) is 9.37. The van der Waals surface area contributed by atoms with Crippen LogP contribution in [-0.4, -0.2) is 62.7 Å². The van der Waals surface area contributed by atoms with Crippen molar-refractivity contribution in [2.75, 3.05) is 36.5 Å². The summed E-state index contributed by atoms with van der Waals surface area (Å²) in [5.74, 6) is -0.524. The number of thiazole rings is 1. The summed E-state index contributed by atoms with van der Waals surface area (Å²) in [6.45, 7) is 4.65. The van der Waals surface area contributed by atoms with Crippen LogP contribution in [0.15, 0.2) is 61.3 Å². The van der Waals surface area contributed by atoms with E-state index in [2.05, 4.69) is 35.6 Å². The third kappa shape index (κ3) is 6.60. The highest BCUT2D eigenvalue weighted by Crippen LogP contribution is 2.35. The zero-order valence-corrected chi connectivity index (χ0v) is 25.1. The van der Waals surface area contributed by atoms with E-state index in [0.717, 1.165) is 47.6 Å². The second-order valence-corrected chi connectivity index (χ2v) is 11.5. The van der Waals surface area contributed by atoms with E-state index in [4.69, 9.17) is 16.3 Å². The van der Waals surface area contributed by atoms with Gasteiger partial charge in [-0.2, -0.15) is 18.3 Å². The van der Waals surface area contributed by atoms with Crippen LogP contribution in [0.5, 0.6) is 0 Å². The molecule has 16 heteroatoms. The summed E-state index contributed by atoms with van der Waals surface area (Å²) in [4.78, 5) is 40.7. The van der Waals surface area contributed by atoms with Gasteiger partial charge in [0.2, 0.25) is 0 Å². The lowest BCUT2D eigenvalue weighted by Gasteiger charge is -2.27. The van der Waals surface area contributed by atoms with Crippen molar-refractivity contribution in [2.45, 2.75) is 19.1 Å². The first kappa shape index (κ1) is 30.4. The van der Waals surface area contributed by atoms with Crippen LogP contribution in [0.4, 0.5) is 24.8 Å². The Morgan fingerprint density at radius 3 is 2.51 bits per heavy atom.